The van der Waals surface area contributed by atoms with E-state index in [1.807, 2.05) is 47.8 Å². The van der Waals surface area contributed by atoms with Crippen LogP contribution in [0.15, 0.2) is 53.5 Å². The highest BCUT2D eigenvalue weighted by Crippen LogP contribution is 2.23. The monoisotopic (exact) mass is 364 g/mol. The van der Waals surface area contributed by atoms with Crippen LogP contribution in [0.25, 0.3) is 17.0 Å². The molecule has 0 fully saturated rings. The number of nitrogens with one attached hydrogen (secondary N) is 1. The van der Waals surface area contributed by atoms with Gasteiger partial charge in [0.15, 0.2) is 0 Å². The fraction of sp³-hybridized carbons (Fsp3) is 0.105. The van der Waals surface area contributed by atoms with Crippen LogP contribution in [0.3, 0.4) is 0 Å². The molecule has 0 saturated heterocycles. The second kappa shape index (κ2) is 7.68. The van der Waals surface area contributed by atoms with E-state index >= 15 is 0 Å². The summed E-state index contributed by atoms with van der Waals surface area (Å²) in [6, 6.07) is 13.2. The van der Waals surface area contributed by atoms with Gasteiger partial charge >= 0.3 is 0 Å². The molecule has 3 rings (SSSR count). The fourth-order valence-corrected chi connectivity index (χ4v) is 3.31. The molecule has 0 unspecified atom stereocenters. The lowest BCUT2D eigenvalue weighted by Crippen LogP contribution is -2.23. The van der Waals surface area contributed by atoms with E-state index in [2.05, 4.69) is 5.32 Å². The van der Waals surface area contributed by atoms with Crippen molar-refractivity contribution >= 4 is 40.1 Å². The summed E-state index contributed by atoms with van der Waals surface area (Å²) in [4.78, 5) is 24.6. The molecule has 0 saturated carbocycles. The van der Waals surface area contributed by atoms with Gasteiger partial charge in [-0.1, -0.05) is 24.3 Å². The maximum atomic E-state index is 12.3. The first-order chi connectivity index (χ1) is 12.6. The number of carbonyl (C=O) groups is 2. The maximum Gasteiger partial charge on any atom is 0.262 e. The van der Waals surface area contributed by atoms with Crippen molar-refractivity contribution < 1.29 is 9.59 Å². The summed E-state index contributed by atoms with van der Waals surface area (Å²) in [5, 5.41) is 14.9. The predicted octanol–water partition coefficient (Wildman–Crippen LogP) is 2.41. The Labute approximate surface area is 154 Å². The summed E-state index contributed by atoms with van der Waals surface area (Å²) in [6.45, 7) is 0.403. The second-order valence-corrected chi connectivity index (χ2v) is 6.66. The average molecular weight is 364 g/mol. The molecule has 3 aromatic rings. The van der Waals surface area contributed by atoms with Crippen molar-refractivity contribution in [1.82, 2.24) is 9.88 Å². The molecule has 3 N–H and O–H groups in total. The number of thiophene rings is 1. The SMILES string of the molecule is N#C/C(=C\c1cn(CC(N)=O)c2ccccc12)C(=O)NCc1cccs1. The Morgan fingerprint density at radius 2 is 2.08 bits per heavy atom. The number of benzene rings is 1. The van der Waals surface area contributed by atoms with Crippen LogP contribution < -0.4 is 11.1 Å². The molecule has 0 spiro atoms. The normalized spacial score (nSPS) is 11.3. The molecule has 2 aromatic heterocycles. The summed E-state index contributed by atoms with van der Waals surface area (Å²) < 4.78 is 1.71. The Kier molecular flexibility index (Phi) is 5.15. The van der Waals surface area contributed by atoms with E-state index in [0.717, 1.165) is 15.8 Å². The molecule has 0 bridgehead atoms. The van der Waals surface area contributed by atoms with E-state index < -0.39 is 11.8 Å². The largest absolute Gasteiger partial charge is 0.368 e. The van der Waals surface area contributed by atoms with Crippen LogP contribution in [0.4, 0.5) is 0 Å². The number of nitrogens with two attached hydrogens (primary N) is 1. The third-order valence-corrected chi connectivity index (χ3v) is 4.69. The van der Waals surface area contributed by atoms with Crippen molar-refractivity contribution in [3.8, 4) is 6.07 Å². The predicted molar refractivity (Wildman–Crippen MR) is 101 cm³/mol. The number of hydrogen-bond acceptors (Lipinski definition) is 4. The molecule has 0 aliphatic carbocycles. The molecule has 1 aromatic carbocycles. The quantitative estimate of drug-likeness (QED) is 0.519. The van der Waals surface area contributed by atoms with Gasteiger partial charge in [-0.15, -0.1) is 11.3 Å². The fourth-order valence-electron chi connectivity index (χ4n) is 2.67. The number of fused-ring (bicyclic) bond motifs is 1. The van der Waals surface area contributed by atoms with E-state index in [1.54, 1.807) is 10.8 Å². The highest BCUT2D eigenvalue weighted by Gasteiger charge is 2.13. The Hall–Kier alpha value is -3.37. The zero-order valence-corrected chi connectivity index (χ0v) is 14.6. The van der Waals surface area contributed by atoms with Gasteiger partial charge in [-0.2, -0.15) is 5.26 Å². The van der Waals surface area contributed by atoms with Crippen molar-refractivity contribution in [2.45, 2.75) is 13.1 Å². The molecule has 130 valence electrons. The molecule has 0 aliphatic heterocycles. The standard InChI is InChI=1S/C19H16N4O2S/c20-9-13(19(25)22-10-15-4-3-7-26-15)8-14-11-23(12-18(21)24)17-6-2-1-5-16(14)17/h1-8,11H,10,12H2,(H2,21,24)(H,22,25)/b13-8+. The van der Waals surface area contributed by atoms with Gasteiger partial charge in [0.25, 0.3) is 5.91 Å². The number of primary amides is 1. The van der Waals surface area contributed by atoms with Gasteiger partial charge in [0.1, 0.15) is 18.2 Å². The molecule has 26 heavy (non-hydrogen) atoms. The minimum absolute atomic E-state index is 0.00327. The van der Waals surface area contributed by atoms with Crippen molar-refractivity contribution in [2.75, 3.05) is 0 Å². The average Bonchev–Trinajstić information content (AvgIpc) is 3.26. The lowest BCUT2D eigenvalue weighted by Gasteiger charge is -2.02. The Bertz CT molecular complexity index is 1030. The first-order valence-corrected chi connectivity index (χ1v) is 8.75. The molecule has 2 amide bonds. The smallest absolute Gasteiger partial charge is 0.262 e. The zero-order chi connectivity index (χ0) is 18.5. The van der Waals surface area contributed by atoms with Crippen molar-refractivity contribution in [2.24, 2.45) is 5.73 Å². The van der Waals surface area contributed by atoms with Gasteiger partial charge in [0, 0.05) is 27.5 Å². The van der Waals surface area contributed by atoms with Gasteiger partial charge in [-0.3, -0.25) is 9.59 Å². The number of rotatable bonds is 6. The van der Waals surface area contributed by atoms with Crippen LogP contribution in [0.1, 0.15) is 10.4 Å². The number of hydrogen-bond donors (Lipinski definition) is 2. The second-order valence-electron chi connectivity index (χ2n) is 5.63. The molecular weight excluding hydrogens is 348 g/mol. The van der Waals surface area contributed by atoms with E-state index in [4.69, 9.17) is 5.73 Å². The van der Waals surface area contributed by atoms with E-state index in [0.29, 0.717) is 12.1 Å². The van der Waals surface area contributed by atoms with Crippen LogP contribution in [0, 0.1) is 11.3 Å². The third kappa shape index (κ3) is 3.82. The first kappa shape index (κ1) is 17.5. The van der Waals surface area contributed by atoms with Gasteiger partial charge in [-0.25, -0.2) is 0 Å². The molecule has 0 atom stereocenters. The number of amides is 2. The van der Waals surface area contributed by atoms with Gasteiger partial charge in [0.05, 0.1) is 6.54 Å². The first-order valence-electron chi connectivity index (χ1n) is 7.87. The van der Waals surface area contributed by atoms with Crippen LogP contribution in [-0.4, -0.2) is 16.4 Å². The molecule has 6 nitrogen and oxygen atoms in total. The topological polar surface area (TPSA) is 101 Å². The summed E-state index contributed by atoms with van der Waals surface area (Å²) in [5.41, 5.74) is 6.80. The molecule has 0 aliphatic rings. The molecule has 2 heterocycles. The summed E-state index contributed by atoms with van der Waals surface area (Å²) in [6.07, 6.45) is 3.25. The molecule has 0 radical (unpaired) electrons. The number of nitriles is 1. The van der Waals surface area contributed by atoms with Crippen molar-refractivity contribution in [3.63, 3.8) is 0 Å². The Balaban J connectivity index is 1.90. The molecule has 7 heteroatoms. The maximum absolute atomic E-state index is 12.3. The highest BCUT2D eigenvalue weighted by atomic mass is 32.1. The zero-order valence-electron chi connectivity index (χ0n) is 13.8. The van der Waals surface area contributed by atoms with Gasteiger partial charge in [0.2, 0.25) is 5.91 Å². The van der Waals surface area contributed by atoms with Crippen LogP contribution >= 0.6 is 11.3 Å². The summed E-state index contributed by atoms with van der Waals surface area (Å²) in [5.74, 6) is -0.900. The number of aromatic nitrogens is 1. The highest BCUT2D eigenvalue weighted by molar-refractivity contribution is 7.09. The van der Waals surface area contributed by atoms with Crippen LogP contribution in [-0.2, 0) is 22.7 Å². The van der Waals surface area contributed by atoms with Gasteiger partial charge < -0.3 is 15.6 Å². The van der Waals surface area contributed by atoms with E-state index in [1.165, 1.54) is 17.4 Å². The van der Waals surface area contributed by atoms with Gasteiger partial charge in [-0.05, 0) is 23.6 Å². The lowest BCUT2D eigenvalue weighted by molar-refractivity contribution is -0.118. The van der Waals surface area contributed by atoms with Crippen molar-refractivity contribution in [1.29, 1.82) is 5.26 Å². The van der Waals surface area contributed by atoms with Crippen LogP contribution in [0.5, 0.6) is 0 Å². The summed E-state index contributed by atoms with van der Waals surface area (Å²) >= 11 is 1.53. The number of para-hydroxylation sites is 1. The minimum Gasteiger partial charge on any atom is -0.368 e. The number of carbonyl (C=O) groups excluding carboxylic acids is 2. The van der Waals surface area contributed by atoms with Crippen LogP contribution in [0.2, 0.25) is 0 Å². The summed E-state index contributed by atoms with van der Waals surface area (Å²) in [7, 11) is 0. The Morgan fingerprint density at radius 3 is 2.77 bits per heavy atom. The minimum atomic E-state index is -0.463. The number of nitrogens with zero attached hydrogens (tertiary/aromatic N) is 2. The molecular formula is C19H16N4O2S. The van der Waals surface area contributed by atoms with E-state index in [9.17, 15) is 14.9 Å². The third-order valence-electron chi connectivity index (χ3n) is 3.81. The lowest BCUT2D eigenvalue weighted by atomic mass is 10.1. The Morgan fingerprint density at radius 1 is 1.27 bits per heavy atom. The van der Waals surface area contributed by atoms with Crippen molar-refractivity contribution in [3.05, 3.63) is 64.0 Å². The van der Waals surface area contributed by atoms with E-state index in [-0.39, 0.29) is 12.1 Å².